The average Bonchev–Trinajstić information content (AvgIpc) is 3.19. The van der Waals surface area contributed by atoms with Gasteiger partial charge in [-0.1, -0.05) is 24.3 Å². The summed E-state index contributed by atoms with van der Waals surface area (Å²) in [4.78, 5) is 52.5. The highest BCUT2D eigenvalue weighted by atomic mass is 16.6. The Bertz CT molecular complexity index is 1110. The number of esters is 3. The van der Waals surface area contributed by atoms with Gasteiger partial charge in [0.25, 0.3) is 5.91 Å². The molecule has 1 aliphatic rings. The Morgan fingerprint density at radius 1 is 0.917 bits per heavy atom. The Labute approximate surface area is 210 Å². The first-order chi connectivity index (χ1) is 17.0. The van der Waals surface area contributed by atoms with Crippen LogP contribution in [0.1, 0.15) is 47.9 Å². The standard InChI is InChI=1S/C27H31NO8/c1-27(2,3)36-22(29)15-20-21(35-19-13-9-12-18(14-19)25(31)33-4)16-28(23(20)26(32)34-5)24(30)17-10-7-6-8-11-17/h6-14,20-21,23H,15-16H2,1-5H3/t20-,21+,23-/m0/s1. The summed E-state index contributed by atoms with van der Waals surface area (Å²) in [5.41, 5.74) is -0.0736. The Morgan fingerprint density at radius 3 is 2.19 bits per heavy atom. The van der Waals surface area contributed by atoms with E-state index < -0.39 is 47.5 Å². The molecular formula is C27H31NO8. The van der Waals surface area contributed by atoms with E-state index in [1.807, 2.05) is 0 Å². The summed E-state index contributed by atoms with van der Waals surface area (Å²) >= 11 is 0. The highest BCUT2D eigenvalue weighted by molar-refractivity contribution is 5.97. The molecule has 0 aliphatic carbocycles. The van der Waals surface area contributed by atoms with Gasteiger partial charge in [0, 0.05) is 11.5 Å². The Kier molecular flexibility index (Phi) is 8.34. The largest absolute Gasteiger partial charge is 0.488 e. The van der Waals surface area contributed by atoms with Gasteiger partial charge in [0.2, 0.25) is 0 Å². The lowest BCUT2D eigenvalue weighted by molar-refractivity contribution is -0.157. The number of carbonyl (C=O) groups is 4. The lowest BCUT2D eigenvalue weighted by Gasteiger charge is -2.27. The number of ether oxygens (including phenoxy) is 4. The third-order valence-electron chi connectivity index (χ3n) is 5.68. The lowest BCUT2D eigenvalue weighted by Crippen LogP contribution is -2.44. The van der Waals surface area contributed by atoms with Crippen LogP contribution in [0.15, 0.2) is 54.6 Å². The number of rotatable bonds is 7. The van der Waals surface area contributed by atoms with Crippen molar-refractivity contribution >= 4 is 23.8 Å². The van der Waals surface area contributed by atoms with Gasteiger partial charge >= 0.3 is 17.9 Å². The van der Waals surface area contributed by atoms with E-state index >= 15 is 0 Å². The molecule has 3 atom stereocenters. The molecule has 1 amide bonds. The molecular weight excluding hydrogens is 466 g/mol. The van der Waals surface area contributed by atoms with Crippen LogP contribution in [0.3, 0.4) is 0 Å². The number of benzene rings is 2. The molecule has 0 saturated carbocycles. The van der Waals surface area contributed by atoms with Gasteiger partial charge in [0.1, 0.15) is 23.5 Å². The number of nitrogens with zero attached hydrogens (tertiary/aromatic N) is 1. The molecule has 1 saturated heterocycles. The first-order valence-electron chi connectivity index (χ1n) is 11.5. The lowest BCUT2D eigenvalue weighted by atomic mass is 9.93. The molecule has 0 unspecified atom stereocenters. The number of methoxy groups -OCH3 is 2. The van der Waals surface area contributed by atoms with Crippen molar-refractivity contribution < 1.29 is 38.1 Å². The van der Waals surface area contributed by atoms with Gasteiger partial charge in [-0.25, -0.2) is 9.59 Å². The first-order valence-corrected chi connectivity index (χ1v) is 11.5. The number of likely N-dealkylation sites (tertiary alicyclic amines) is 1. The molecule has 9 heteroatoms. The van der Waals surface area contributed by atoms with Gasteiger partial charge in [-0.3, -0.25) is 9.59 Å². The highest BCUT2D eigenvalue weighted by Gasteiger charge is 2.51. The topological polar surface area (TPSA) is 108 Å². The van der Waals surface area contributed by atoms with Crippen LogP contribution in [0.4, 0.5) is 0 Å². The van der Waals surface area contributed by atoms with Crippen LogP contribution < -0.4 is 4.74 Å². The molecule has 3 rings (SSSR count). The van der Waals surface area contributed by atoms with E-state index in [2.05, 4.69) is 0 Å². The molecule has 0 aromatic heterocycles. The van der Waals surface area contributed by atoms with Crippen molar-refractivity contribution in [2.24, 2.45) is 5.92 Å². The van der Waals surface area contributed by atoms with E-state index in [-0.39, 0.29) is 18.5 Å². The zero-order chi connectivity index (χ0) is 26.5. The fourth-order valence-electron chi connectivity index (χ4n) is 4.19. The molecule has 0 bridgehead atoms. The summed E-state index contributed by atoms with van der Waals surface area (Å²) in [6, 6.07) is 13.8. The fraction of sp³-hybridized carbons (Fsp3) is 0.407. The van der Waals surface area contributed by atoms with Gasteiger partial charge < -0.3 is 23.8 Å². The molecule has 1 fully saturated rings. The van der Waals surface area contributed by atoms with Crippen molar-refractivity contribution in [1.82, 2.24) is 4.90 Å². The maximum Gasteiger partial charge on any atom is 0.337 e. The summed E-state index contributed by atoms with van der Waals surface area (Å²) in [5.74, 6) is -2.56. The van der Waals surface area contributed by atoms with Gasteiger partial charge in [0.05, 0.1) is 32.7 Å². The third-order valence-corrected chi connectivity index (χ3v) is 5.68. The predicted molar refractivity (Wildman–Crippen MR) is 129 cm³/mol. The van der Waals surface area contributed by atoms with E-state index in [0.29, 0.717) is 11.3 Å². The summed E-state index contributed by atoms with van der Waals surface area (Å²) in [7, 11) is 2.50. The maximum absolute atomic E-state index is 13.4. The van der Waals surface area contributed by atoms with Crippen molar-refractivity contribution in [3.63, 3.8) is 0 Å². The highest BCUT2D eigenvalue weighted by Crippen LogP contribution is 2.34. The second kappa shape index (κ2) is 11.2. The Balaban J connectivity index is 1.98. The second-order valence-electron chi connectivity index (χ2n) is 9.42. The van der Waals surface area contributed by atoms with Crippen molar-refractivity contribution in [3.05, 3.63) is 65.7 Å². The zero-order valence-corrected chi connectivity index (χ0v) is 21.1. The van der Waals surface area contributed by atoms with Crippen LogP contribution in [0.25, 0.3) is 0 Å². The smallest absolute Gasteiger partial charge is 0.337 e. The fourth-order valence-corrected chi connectivity index (χ4v) is 4.19. The second-order valence-corrected chi connectivity index (χ2v) is 9.42. The Hall–Kier alpha value is -3.88. The van der Waals surface area contributed by atoms with Crippen LogP contribution >= 0.6 is 0 Å². The zero-order valence-electron chi connectivity index (χ0n) is 21.1. The summed E-state index contributed by atoms with van der Waals surface area (Å²) in [5, 5.41) is 0. The predicted octanol–water partition coefficient (Wildman–Crippen LogP) is 3.27. The molecule has 1 aliphatic heterocycles. The molecule has 0 radical (unpaired) electrons. The van der Waals surface area contributed by atoms with Crippen LogP contribution in [-0.4, -0.2) is 67.2 Å². The minimum Gasteiger partial charge on any atom is -0.488 e. The van der Waals surface area contributed by atoms with E-state index in [1.54, 1.807) is 69.3 Å². The summed E-state index contributed by atoms with van der Waals surface area (Å²) in [6.45, 7) is 5.25. The van der Waals surface area contributed by atoms with Crippen LogP contribution in [0.2, 0.25) is 0 Å². The maximum atomic E-state index is 13.4. The SMILES string of the molecule is COC(=O)c1cccc(O[C@@H]2CN(C(=O)c3ccccc3)[C@H](C(=O)OC)[C@H]2CC(=O)OC(C)(C)C)c1. The number of carbonyl (C=O) groups excluding carboxylic acids is 4. The van der Waals surface area contributed by atoms with Gasteiger partial charge in [-0.2, -0.15) is 0 Å². The molecule has 9 nitrogen and oxygen atoms in total. The van der Waals surface area contributed by atoms with Crippen LogP contribution in [-0.2, 0) is 23.8 Å². The van der Waals surface area contributed by atoms with Gasteiger partial charge in [0.15, 0.2) is 0 Å². The molecule has 192 valence electrons. The van der Waals surface area contributed by atoms with E-state index in [0.717, 1.165) is 0 Å². The molecule has 0 spiro atoms. The molecule has 2 aromatic rings. The minimum absolute atomic E-state index is 0.0173. The first kappa shape index (κ1) is 26.7. The van der Waals surface area contributed by atoms with Crippen LogP contribution in [0, 0.1) is 5.92 Å². The van der Waals surface area contributed by atoms with E-state index in [4.69, 9.17) is 18.9 Å². The van der Waals surface area contributed by atoms with E-state index in [9.17, 15) is 19.2 Å². The number of hydrogen-bond acceptors (Lipinski definition) is 8. The summed E-state index contributed by atoms with van der Waals surface area (Å²) < 4.78 is 21.5. The summed E-state index contributed by atoms with van der Waals surface area (Å²) in [6.07, 6.45) is -0.945. The van der Waals surface area contributed by atoms with Crippen molar-refractivity contribution in [3.8, 4) is 5.75 Å². The average molecular weight is 498 g/mol. The third kappa shape index (κ3) is 6.41. The van der Waals surface area contributed by atoms with Crippen molar-refractivity contribution in [1.29, 1.82) is 0 Å². The van der Waals surface area contributed by atoms with Gasteiger partial charge in [-0.15, -0.1) is 0 Å². The van der Waals surface area contributed by atoms with E-state index in [1.165, 1.54) is 25.2 Å². The quantitative estimate of drug-likeness (QED) is 0.424. The number of hydrogen-bond donors (Lipinski definition) is 0. The molecule has 36 heavy (non-hydrogen) atoms. The minimum atomic E-state index is -1.08. The van der Waals surface area contributed by atoms with Crippen molar-refractivity contribution in [2.45, 2.75) is 44.9 Å². The Morgan fingerprint density at radius 2 is 1.58 bits per heavy atom. The molecule has 1 heterocycles. The van der Waals surface area contributed by atoms with Gasteiger partial charge in [-0.05, 0) is 51.1 Å². The molecule has 0 N–H and O–H groups in total. The number of amides is 1. The molecule has 2 aromatic carbocycles. The van der Waals surface area contributed by atoms with Crippen molar-refractivity contribution in [2.75, 3.05) is 20.8 Å². The van der Waals surface area contributed by atoms with Crippen LogP contribution in [0.5, 0.6) is 5.75 Å². The monoisotopic (exact) mass is 497 g/mol. The normalized spacial score (nSPS) is 19.4.